The molecule has 1 aliphatic heterocycles. The number of amides is 1. The van der Waals surface area contributed by atoms with Gasteiger partial charge in [0, 0.05) is 44.1 Å². The molecule has 9 heteroatoms. The molecule has 2 aromatic heterocycles. The van der Waals surface area contributed by atoms with Gasteiger partial charge in [0.15, 0.2) is 0 Å². The van der Waals surface area contributed by atoms with Crippen molar-refractivity contribution in [2.75, 3.05) is 26.2 Å². The fourth-order valence-electron chi connectivity index (χ4n) is 2.86. The molecule has 2 aromatic rings. The first-order valence-corrected chi connectivity index (χ1v) is 9.06. The van der Waals surface area contributed by atoms with E-state index >= 15 is 0 Å². The van der Waals surface area contributed by atoms with Crippen LogP contribution in [0.2, 0.25) is 0 Å². The number of sulfonamides is 1. The van der Waals surface area contributed by atoms with Crippen LogP contribution < -0.4 is 0 Å². The lowest BCUT2D eigenvalue weighted by molar-refractivity contribution is 0.0697. The average Bonchev–Trinajstić information content (AvgIpc) is 2.94. The van der Waals surface area contributed by atoms with E-state index < -0.39 is 10.0 Å². The molecular weight excluding hydrogens is 330 g/mol. The smallest absolute Gasteiger partial charge is 0.254 e. The number of aromatic nitrogens is 3. The minimum atomic E-state index is -3.60. The Bertz CT molecular complexity index is 820. The van der Waals surface area contributed by atoms with Crippen molar-refractivity contribution in [3.05, 3.63) is 41.5 Å². The number of carbonyl (C=O) groups excluding carboxylic acids is 1. The second-order valence-corrected chi connectivity index (χ2v) is 7.57. The second kappa shape index (κ2) is 6.33. The van der Waals surface area contributed by atoms with E-state index in [4.69, 9.17) is 0 Å². The van der Waals surface area contributed by atoms with E-state index in [9.17, 15) is 13.2 Å². The molecule has 0 spiro atoms. The Balaban J connectivity index is 1.72. The van der Waals surface area contributed by atoms with E-state index in [1.807, 2.05) is 0 Å². The number of pyridine rings is 1. The maximum Gasteiger partial charge on any atom is 0.254 e. The third-order valence-electron chi connectivity index (χ3n) is 4.11. The highest BCUT2D eigenvalue weighted by Gasteiger charge is 2.33. The lowest BCUT2D eigenvalue weighted by Crippen LogP contribution is -2.50. The molecule has 8 nitrogen and oxygen atoms in total. The molecule has 1 N–H and O–H groups in total. The van der Waals surface area contributed by atoms with Crippen molar-refractivity contribution in [2.24, 2.45) is 0 Å². The molecule has 0 unspecified atom stereocenters. The number of aryl methyl sites for hydroxylation is 2. The van der Waals surface area contributed by atoms with Gasteiger partial charge in [-0.1, -0.05) is 0 Å². The molecule has 3 heterocycles. The number of rotatable bonds is 3. The quantitative estimate of drug-likeness (QED) is 0.873. The largest absolute Gasteiger partial charge is 0.336 e. The van der Waals surface area contributed by atoms with Gasteiger partial charge in [0.2, 0.25) is 10.0 Å². The van der Waals surface area contributed by atoms with E-state index in [1.165, 1.54) is 4.31 Å². The number of carbonyl (C=O) groups is 1. The van der Waals surface area contributed by atoms with Crippen LogP contribution >= 0.6 is 0 Å². The molecule has 1 fully saturated rings. The fraction of sp³-hybridized carbons (Fsp3) is 0.400. The van der Waals surface area contributed by atoms with Crippen LogP contribution in [0.15, 0.2) is 29.4 Å². The van der Waals surface area contributed by atoms with Crippen LogP contribution in [0.25, 0.3) is 0 Å². The normalized spacial score (nSPS) is 16.3. The minimum absolute atomic E-state index is 0.106. The van der Waals surface area contributed by atoms with E-state index in [0.717, 1.165) is 0 Å². The monoisotopic (exact) mass is 349 g/mol. The van der Waals surface area contributed by atoms with E-state index in [2.05, 4.69) is 15.2 Å². The SMILES string of the molecule is Cc1n[nH]c(C)c1S(=O)(=O)N1CCN(C(=O)c2ccncc2)CC1. The third kappa shape index (κ3) is 2.92. The summed E-state index contributed by atoms with van der Waals surface area (Å²) < 4.78 is 27.0. The molecule has 0 bridgehead atoms. The van der Waals surface area contributed by atoms with Gasteiger partial charge in [0.1, 0.15) is 4.90 Å². The van der Waals surface area contributed by atoms with Crippen molar-refractivity contribution in [3.8, 4) is 0 Å². The molecule has 0 radical (unpaired) electrons. The zero-order valence-electron chi connectivity index (χ0n) is 13.6. The van der Waals surface area contributed by atoms with Gasteiger partial charge in [-0.2, -0.15) is 9.40 Å². The summed E-state index contributed by atoms with van der Waals surface area (Å²) in [6.45, 7) is 4.61. The van der Waals surface area contributed by atoms with Crippen molar-refractivity contribution < 1.29 is 13.2 Å². The summed E-state index contributed by atoms with van der Waals surface area (Å²) in [5.74, 6) is -0.106. The highest BCUT2D eigenvalue weighted by atomic mass is 32.2. The number of aromatic amines is 1. The van der Waals surface area contributed by atoms with Gasteiger partial charge in [-0.05, 0) is 26.0 Å². The second-order valence-electron chi connectivity index (χ2n) is 5.70. The van der Waals surface area contributed by atoms with Crippen molar-refractivity contribution in [3.63, 3.8) is 0 Å². The Labute approximate surface area is 140 Å². The summed E-state index contributed by atoms with van der Waals surface area (Å²) in [5, 5.41) is 6.66. The first-order chi connectivity index (χ1) is 11.4. The molecular formula is C15H19N5O3S. The number of hydrogen-bond donors (Lipinski definition) is 1. The van der Waals surface area contributed by atoms with Crippen LogP contribution in [-0.4, -0.2) is 64.9 Å². The summed E-state index contributed by atoms with van der Waals surface area (Å²) in [7, 11) is -3.60. The minimum Gasteiger partial charge on any atom is -0.336 e. The summed E-state index contributed by atoms with van der Waals surface area (Å²) in [4.78, 5) is 18.2. The zero-order valence-corrected chi connectivity index (χ0v) is 14.4. The van der Waals surface area contributed by atoms with E-state index in [1.54, 1.807) is 43.3 Å². The number of H-pyrrole nitrogens is 1. The van der Waals surface area contributed by atoms with E-state index in [-0.39, 0.29) is 23.9 Å². The molecule has 0 aliphatic carbocycles. The van der Waals surface area contributed by atoms with Crippen molar-refractivity contribution in [2.45, 2.75) is 18.7 Å². The lowest BCUT2D eigenvalue weighted by atomic mass is 10.2. The average molecular weight is 349 g/mol. The Morgan fingerprint density at radius 2 is 1.75 bits per heavy atom. The van der Waals surface area contributed by atoms with Crippen molar-refractivity contribution >= 4 is 15.9 Å². The maximum absolute atomic E-state index is 12.8. The Morgan fingerprint density at radius 3 is 2.29 bits per heavy atom. The molecule has 1 aliphatic rings. The predicted molar refractivity (Wildman–Crippen MR) is 87.0 cm³/mol. The molecule has 1 saturated heterocycles. The van der Waals surface area contributed by atoms with Gasteiger partial charge >= 0.3 is 0 Å². The van der Waals surface area contributed by atoms with Crippen LogP contribution in [0.4, 0.5) is 0 Å². The number of nitrogens with one attached hydrogen (secondary N) is 1. The maximum atomic E-state index is 12.8. The predicted octanol–water partition coefficient (Wildman–Crippen LogP) is 0.568. The van der Waals surface area contributed by atoms with Gasteiger partial charge < -0.3 is 4.90 Å². The van der Waals surface area contributed by atoms with Gasteiger partial charge in [-0.15, -0.1) is 0 Å². The van der Waals surface area contributed by atoms with Crippen LogP contribution in [0.5, 0.6) is 0 Å². The summed E-state index contributed by atoms with van der Waals surface area (Å²) in [5.41, 5.74) is 1.55. The summed E-state index contributed by atoms with van der Waals surface area (Å²) >= 11 is 0. The third-order valence-corrected chi connectivity index (χ3v) is 6.27. The standard InChI is InChI=1S/C15H19N5O3S/c1-11-14(12(2)18-17-11)24(22,23)20-9-7-19(8-10-20)15(21)13-3-5-16-6-4-13/h3-6H,7-10H2,1-2H3,(H,17,18). The first-order valence-electron chi connectivity index (χ1n) is 7.62. The zero-order chi connectivity index (χ0) is 17.3. The first kappa shape index (κ1) is 16.6. The van der Waals surface area contributed by atoms with Gasteiger partial charge in [-0.25, -0.2) is 8.42 Å². The molecule has 3 rings (SSSR count). The molecule has 0 aromatic carbocycles. The van der Waals surface area contributed by atoms with Gasteiger partial charge in [0.25, 0.3) is 5.91 Å². The molecule has 0 atom stereocenters. The van der Waals surface area contributed by atoms with Crippen LogP contribution in [0, 0.1) is 13.8 Å². The number of piperazine rings is 1. The van der Waals surface area contributed by atoms with Gasteiger partial charge in [-0.3, -0.25) is 14.9 Å². The van der Waals surface area contributed by atoms with Crippen LogP contribution in [-0.2, 0) is 10.0 Å². The molecule has 1 amide bonds. The Hall–Kier alpha value is -2.26. The van der Waals surface area contributed by atoms with Crippen molar-refractivity contribution in [1.82, 2.24) is 24.4 Å². The van der Waals surface area contributed by atoms with E-state index in [0.29, 0.717) is 30.0 Å². The number of nitrogens with zero attached hydrogens (tertiary/aromatic N) is 4. The van der Waals surface area contributed by atoms with Crippen molar-refractivity contribution in [1.29, 1.82) is 0 Å². The van der Waals surface area contributed by atoms with Crippen LogP contribution in [0.3, 0.4) is 0 Å². The molecule has 0 saturated carbocycles. The molecule has 128 valence electrons. The summed E-state index contributed by atoms with van der Waals surface area (Å²) in [6.07, 6.45) is 3.14. The fourth-order valence-corrected chi connectivity index (χ4v) is 4.61. The Morgan fingerprint density at radius 1 is 1.12 bits per heavy atom. The Kier molecular flexibility index (Phi) is 4.37. The molecule has 24 heavy (non-hydrogen) atoms. The lowest BCUT2D eigenvalue weighted by Gasteiger charge is -2.34. The van der Waals surface area contributed by atoms with Gasteiger partial charge in [0.05, 0.1) is 11.4 Å². The van der Waals surface area contributed by atoms with Crippen LogP contribution in [0.1, 0.15) is 21.7 Å². The highest BCUT2D eigenvalue weighted by Crippen LogP contribution is 2.23. The number of hydrogen-bond acceptors (Lipinski definition) is 5. The summed E-state index contributed by atoms with van der Waals surface area (Å²) in [6, 6.07) is 3.31. The highest BCUT2D eigenvalue weighted by molar-refractivity contribution is 7.89. The topological polar surface area (TPSA) is 99.3 Å².